The van der Waals surface area contributed by atoms with E-state index in [-0.39, 0.29) is 24.4 Å². The first-order valence-corrected chi connectivity index (χ1v) is 8.41. The Kier molecular flexibility index (Phi) is 4.96. The highest BCUT2D eigenvalue weighted by Gasteiger charge is 2.35. The zero-order valence-corrected chi connectivity index (χ0v) is 14.6. The molecular formula is C17H23ClN4O2. The average molecular weight is 351 g/mol. The predicted molar refractivity (Wildman–Crippen MR) is 95.8 cm³/mol. The normalized spacial score (nSPS) is 25.3. The maximum absolute atomic E-state index is 12.7. The molecule has 4 heterocycles. The number of piperidine rings is 3. The molecule has 3 fully saturated rings. The average Bonchev–Trinajstić information content (AvgIpc) is 2.98. The van der Waals surface area contributed by atoms with Gasteiger partial charge in [-0.15, -0.1) is 12.4 Å². The SMILES string of the molecule is CCNc1nc2c(C(=O)N[C@@H]3CN4CCC3CC4)cccc2o1.Cl. The number of hydrogen-bond acceptors (Lipinski definition) is 5. The standard InChI is InChI=1S/C17H22N4O2.ClH/c1-2-18-17-20-15-12(4-3-5-14(15)23-17)16(22)19-13-10-21-8-6-11(13)7-9-21;/h3-5,11,13H,2,6-10H2,1H3,(H,18,20)(H,19,22);1H/t13-;/m1./s1. The maximum atomic E-state index is 12.7. The smallest absolute Gasteiger partial charge is 0.295 e. The number of oxazole rings is 1. The molecule has 0 radical (unpaired) electrons. The lowest BCUT2D eigenvalue weighted by Crippen LogP contribution is -2.57. The maximum Gasteiger partial charge on any atom is 0.295 e. The third-order valence-electron chi connectivity index (χ3n) is 4.96. The van der Waals surface area contributed by atoms with Crippen LogP contribution in [-0.4, -0.2) is 48.0 Å². The van der Waals surface area contributed by atoms with Crippen molar-refractivity contribution in [2.75, 3.05) is 31.5 Å². The number of carbonyl (C=O) groups is 1. The molecule has 2 N–H and O–H groups in total. The topological polar surface area (TPSA) is 70.4 Å². The molecule has 3 aliphatic heterocycles. The fraction of sp³-hybridized carbons (Fsp3) is 0.529. The van der Waals surface area contributed by atoms with E-state index in [9.17, 15) is 4.79 Å². The van der Waals surface area contributed by atoms with Crippen molar-refractivity contribution < 1.29 is 9.21 Å². The first-order valence-electron chi connectivity index (χ1n) is 8.41. The van der Waals surface area contributed by atoms with Crippen molar-refractivity contribution in [2.24, 2.45) is 5.92 Å². The Morgan fingerprint density at radius 3 is 2.83 bits per heavy atom. The Hall–Kier alpha value is -1.79. The molecule has 1 aromatic carbocycles. The van der Waals surface area contributed by atoms with Crippen LogP contribution in [0.25, 0.3) is 11.1 Å². The molecule has 3 aliphatic rings. The Bertz CT molecular complexity index is 724. The summed E-state index contributed by atoms with van der Waals surface area (Å²) in [7, 11) is 0. The molecule has 3 saturated heterocycles. The summed E-state index contributed by atoms with van der Waals surface area (Å²) in [4.78, 5) is 19.6. The van der Waals surface area contributed by atoms with Crippen LogP contribution in [0.15, 0.2) is 22.6 Å². The number of aromatic nitrogens is 1. The largest absolute Gasteiger partial charge is 0.424 e. The highest BCUT2D eigenvalue weighted by molar-refractivity contribution is 6.04. The quantitative estimate of drug-likeness (QED) is 0.886. The van der Waals surface area contributed by atoms with Crippen LogP contribution in [0.5, 0.6) is 0 Å². The summed E-state index contributed by atoms with van der Waals surface area (Å²) in [5.41, 5.74) is 1.86. The number of amides is 1. The zero-order valence-electron chi connectivity index (χ0n) is 13.7. The number of nitrogens with one attached hydrogen (secondary N) is 2. The lowest BCUT2D eigenvalue weighted by atomic mass is 9.84. The molecule has 0 unspecified atom stereocenters. The van der Waals surface area contributed by atoms with E-state index in [4.69, 9.17) is 4.42 Å². The van der Waals surface area contributed by atoms with Crippen LogP contribution in [-0.2, 0) is 0 Å². The number of anilines is 1. The predicted octanol–water partition coefficient (Wildman–Crippen LogP) is 2.51. The van der Waals surface area contributed by atoms with Gasteiger partial charge in [-0.3, -0.25) is 4.79 Å². The molecule has 0 aliphatic carbocycles. The van der Waals surface area contributed by atoms with E-state index in [1.54, 1.807) is 0 Å². The van der Waals surface area contributed by atoms with Gasteiger partial charge < -0.3 is 20.0 Å². The lowest BCUT2D eigenvalue weighted by Gasteiger charge is -2.44. The van der Waals surface area contributed by atoms with Crippen LogP contribution < -0.4 is 10.6 Å². The molecule has 2 bridgehead atoms. The molecule has 5 rings (SSSR count). The van der Waals surface area contributed by atoms with E-state index < -0.39 is 0 Å². The Balaban J connectivity index is 0.00000169. The minimum absolute atomic E-state index is 0. The highest BCUT2D eigenvalue weighted by Crippen LogP contribution is 2.28. The number of benzene rings is 1. The Morgan fingerprint density at radius 2 is 2.17 bits per heavy atom. The van der Waals surface area contributed by atoms with E-state index >= 15 is 0 Å². The van der Waals surface area contributed by atoms with Gasteiger partial charge in [0.1, 0.15) is 5.52 Å². The lowest BCUT2D eigenvalue weighted by molar-refractivity contribution is 0.0621. The molecule has 0 saturated carbocycles. The van der Waals surface area contributed by atoms with Gasteiger partial charge in [0.05, 0.1) is 5.56 Å². The fourth-order valence-electron chi connectivity index (χ4n) is 3.73. The van der Waals surface area contributed by atoms with E-state index in [2.05, 4.69) is 20.5 Å². The summed E-state index contributed by atoms with van der Waals surface area (Å²) in [5, 5.41) is 6.27. The second kappa shape index (κ2) is 6.99. The van der Waals surface area contributed by atoms with Gasteiger partial charge in [-0.25, -0.2) is 0 Å². The molecule has 7 heteroatoms. The van der Waals surface area contributed by atoms with E-state index in [1.807, 2.05) is 25.1 Å². The van der Waals surface area contributed by atoms with Crippen LogP contribution in [0.3, 0.4) is 0 Å². The number of hydrogen-bond donors (Lipinski definition) is 2. The molecule has 2 aromatic rings. The van der Waals surface area contributed by atoms with Crippen LogP contribution >= 0.6 is 12.4 Å². The number of halogens is 1. The van der Waals surface area contributed by atoms with Crippen LogP contribution in [0, 0.1) is 5.92 Å². The Morgan fingerprint density at radius 1 is 1.38 bits per heavy atom. The fourth-order valence-corrected chi connectivity index (χ4v) is 3.73. The number of fused-ring (bicyclic) bond motifs is 4. The number of nitrogens with zero attached hydrogens (tertiary/aromatic N) is 2. The molecule has 1 amide bonds. The van der Waals surface area contributed by atoms with Crippen molar-refractivity contribution in [2.45, 2.75) is 25.8 Å². The highest BCUT2D eigenvalue weighted by atomic mass is 35.5. The van der Waals surface area contributed by atoms with Gasteiger partial charge in [-0.2, -0.15) is 4.98 Å². The summed E-state index contributed by atoms with van der Waals surface area (Å²) in [6, 6.07) is 6.21. The number of carbonyl (C=O) groups excluding carboxylic acids is 1. The summed E-state index contributed by atoms with van der Waals surface area (Å²) < 4.78 is 5.63. The van der Waals surface area contributed by atoms with Crippen LogP contribution in [0.4, 0.5) is 6.01 Å². The molecule has 1 atom stereocenters. The van der Waals surface area contributed by atoms with Crippen molar-refractivity contribution >= 4 is 35.4 Å². The van der Waals surface area contributed by atoms with Crippen LogP contribution in [0.1, 0.15) is 30.1 Å². The van der Waals surface area contributed by atoms with Crippen molar-refractivity contribution in [3.8, 4) is 0 Å². The number of para-hydroxylation sites is 1. The zero-order chi connectivity index (χ0) is 15.8. The van der Waals surface area contributed by atoms with E-state index in [1.165, 1.54) is 25.9 Å². The van der Waals surface area contributed by atoms with Crippen molar-refractivity contribution in [3.63, 3.8) is 0 Å². The molecule has 130 valence electrons. The third kappa shape index (κ3) is 3.08. The minimum atomic E-state index is -0.0503. The monoisotopic (exact) mass is 350 g/mol. The number of rotatable bonds is 4. The van der Waals surface area contributed by atoms with E-state index in [0.717, 1.165) is 13.1 Å². The molecular weight excluding hydrogens is 328 g/mol. The van der Waals surface area contributed by atoms with Gasteiger partial charge in [0.2, 0.25) is 0 Å². The van der Waals surface area contributed by atoms with Crippen molar-refractivity contribution in [1.29, 1.82) is 0 Å². The second-order valence-electron chi connectivity index (χ2n) is 6.42. The van der Waals surface area contributed by atoms with E-state index in [0.29, 0.717) is 28.6 Å². The third-order valence-corrected chi connectivity index (χ3v) is 4.96. The molecule has 24 heavy (non-hydrogen) atoms. The van der Waals surface area contributed by atoms with Crippen molar-refractivity contribution in [3.05, 3.63) is 23.8 Å². The first-order chi connectivity index (χ1) is 11.2. The molecule has 6 nitrogen and oxygen atoms in total. The summed E-state index contributed by atoms with van der Waals surface area (Å²) in [6.45, 7) is 6.02. The minimum Gasteiger partial charge on any atom is -0.424 e. The summed E-state index contributed by atoms with van der Waals surface area (Å²) >= 11 is 0. The second-order valence-corrected chi connectivity index (χ2v) is 6.42. The van der Waals surface area contributed by atoms with Crippen molar-refractivity contribution in [1.82, 2.24) is 15.2 Å². The summed E-state index contributed by atoms with van der Waals surface area (Å²) in [6.07, 6.45) is 2.37. The molecule has 0 spiro atoms. The van der Waals surface area contributed by atoms with Gasteiger partial charge in [0, 0.05) is 19.1 Å². The first kappa shape index (κ1) is 17.0. The Labute approximate surface area is 147 Å². The summed E-state index contributed by atoms with van der Waals surface area (Å²) in [5.74, 6) is 0.559. The van der Waals surface area contributed by atoms with Gasteiger partial charge in [-0.05, 0) is 50.9 Å². The van der Waals surface area contributed by atoms with Gasteiger partial charge in [0.25, 0.3) is 11.9 Å². The van der Waals surface area contributed by atoms with Gasteiger partial charge in [0.15, 0.2) is 5.58 Å². The molecule has 1 aromatic heterocycles. The van der Waals surface area contributed by atoms with Gasteiger partial charge in [-0.1, -0.05) is 6.07 Å². The van der Waals surface area contributed by atoms with Crippen LogP contribution in [0.2, 0.25) is 0 Å². The van der Waals surface area contributed by atoms with Gasteiger partial charge >= 0.3 is 0 Å².